The molecule has 1 aromatic heterocycles. The molecule has 0 bridgehead atoms. The molecule has 0 aliphatic heterocycles. The first kappa shape index (κ1) is 9.00. The van der Waals surface area contributed by atoms with Crippen LogP contribution in [0, 0.1) is 0 Å². The van der Waals surface area contributed by atoms with E-state index < -0.39 is 0 Å². The summed E-state index contributed by atoms with van der Waals surface area (Å²) in [6, 6.07) is 1.66. The minimum absolute atomic E-state index is 0.341. The number of nitrogens with zero attached hydrogens (tertiary/aromatic N) is 2. The smallest absolute Gasteiger partial charge is 0.152 e. The normalized spacial score (nSPS) is 9.50. The molecule has 0 aliphatic rings. The first-order valence-corrected chi connectivity index (χ1v) is 3.92. The molecule has 0 atom stereocenters. The number of ether oxygens (including phenoxy) is 1. The summed E-state index contributed by atoms with van der Waals surface area (Å²) in [7, 11) is 0. The third-order valence-electron chi connectivity index (χ3n) is 1.27. The van der Waals surface area contributed by atoms with Gasteiger partial charge in [0.25, 0.3) is 0 Å². The van der Waals surface area contributed by atoms with Crippen molar-refractivity contribution in [2.45, 2.75) is 6.92 Å². The molecule has 1 rings (SSSR count). The summed E-state index contributed by atoms with van der Waals surface area (Å²) in [6.07, 6.45) is 1.56. The summed E-state index contributed by atoms with van der Waals surface area (Å²) < 4.78 is 5.16. The van der Waals surface area contributed by atoms with Crippen molar-refractivity contribution in [1.29, 1.82) is 0 Å². The minimum atomic E-state index is 0.341. The van der Waals surface area contributed by atoms with Gasteiger partial charge in [-0.05, 0) is 13.0 Å². The molecular formula is C8H9ClN2O. The SMILES string of the molecule is C=C(OCC)c1cnnc(Cl)c1. The molecule has 0 aliphatic carbocycles. The number of halogens is 1. The topological polar surface area (TPSA) is 35.0 Å². The predicted octanol–water partition coefficient (Wildman–Crippen LogP) is 2.14. The van der Waals surface area contributed by atoms with Crippen LogP contribution in [0.3, 0.4) is 0 Å². The van der Waals surface area contributed by atoms with Crippen LogP contribution >= 0.6 is 11.6 Å². The van der Waals surface area contributed by atoms with Gasteiger partial charge in [-0.1, -0.05) is 18.2 Å². The molecule has 12 heavy (non-hydrogen) atoms. The maximum Gasteiger partial charge on any atom is 0.152 e. The maximum absolute atomic E-state index is 5.62. The molecule has 0 N–H and O–H groups in total. The average Bonchev–Trinajstić information content (AvgIpc) is 2.05. The number of hydrogen-bond acceptors (Lipinski definition) is 3. The second kappa shape index (κ2) is 4.07. The number of hydrogen-bond donors (Lipinski definition) is 0. The Morgan fingerprint density at radius 2 is 2.50 bits per heavy atom. The average molecular weight is 185 g/mol. The van der Waals surface area contributed by atoms with Crippen molar-refractivity contribution in [1.82, 2.24) is 10.2 Å². The van der Waals surface area contributed by atoms with Gasteiger partial charge in [0.05, 0.1) is 12.8 Å². The van der Waals surface area contributed by atoms with Crippen LogP contribution in [0.5, 0.6) is 0 Å². The van der Waals surface area contributed by atoms with Crippen LogP contribution in [0.2, 0.25) is 5.15 Å². The first-order chi connectivity index (χ1) is 5.74. The van der Waals surface area contributed by atoms with Crippen LogP contribution < -0.4 is 0 Å². The molecular weight excluding hydrogens is 176 g/mol. The summed E-state index contributed by atoms with van der Waals surface area (Å²) >= 11 is 5.62. The van der Waals surface area contributed by atoms with Gasteiger partial charge in [0.1, 0.15) is 5.76 Å². The van der Waals surface area contributed by atoms with E-state index in [4.69, 9.17) is 16.3 Å². The standard InChI is InChI=1S/C8H9ClN2O/c1-3-12-6(2)7-4-8(9)11-10-5-7/h4-5H,2-3H2,1H3. The van der Waals surface area contributed by atoms with E-state index in [1.807, 2.05) is 6.92 Å². The van der Waals surface area contributed by atoms with E-state index in [9.17, 15) is 0 Å². The van der Waals surface area contributed by atoms with Crippen molar-refractivity contribution in [2.75, 3.05) is 6.61 Å². The molecule has 1 heterocycles. The lowest BCUT2D eigenvalue weighted by Crippen LogP contribution is -1.92. The zero-order chi connectivity index (χ0) is 8.97. The Morgan fingerprint density at radius 3 is 3.08 bits per heavy atom. The van der Waals surface area contributed by atoms with Gasteiger partial charge in [-0.25, -0.2) is 0 Å². The molecule has 3 nitrogen and oxygen atoms in total. The third kappa shape index (κ3) is 2.20. The number of rotatable bonds is 3. The van der Waals surface area contributed by atoms with Crippen molar-refractivity contribution in [3.05, 3.63) is 29.6 Å². The molecule has 0 amide bonds. The molecule has 0 aromatic carbocycles. The van der Waals surface area contributed by atoms with E-state index in [2.05, 4.69) is 16.8 Å². The highest BCUT2D eigenvalue weighted by Gasteiger charge is 2.00. The highest BCUT2D eigenvalue weighted by molar-refractivity contribution is 6.29. The summed E-state index contributed by atoms with van der Waals surface area (Å²) in [5, 5.41) is 7.61. The largest absolute Gasteiger partial charge is 0.494 e. The first-order valence-electron chi connectivity index (χ1n) is 3.54. The Hall–Kier alpha value is -1.09. The molecule has 0 spiro atoms. The van der Waals surface area contributed by atoms with E-state index in [-0.39, 0.29) is 0 Å². The molecule has 0 unspecified atom stereocenters. The quantitative estimate of drug-likeness (QED) is 0.676. The summed E-state index contributed by atoms with van der Waals surface area (Å²) in [4.78, 5) is 0. The van der Waals surface area contributed by atoms with Gasteiger partial charge in [0, 0.05) is 5.56 Å². The molecule has 4 heteroatoms. The lowest BCUT2D eigenvalue weighted by Gasteiger charge is -2.05. The Labute approximate surface area is 76.0 Å². The Balaban J connectivity index is 2.81. The lowest BCUT2D eigenvalue weighted by molar-refractivity contribution is 0.299. The van der Waals surface area contributed by atoms with E-state index in [1.54, 1.807) is 12.3 Å². The second-order valence-electron chi connectivity index (χ2n) is 2.12. The van der Waals surface area contributed by atoms with Crippen LogP contribution in [0.25, 0.3) is 5.76 Å². The summed E-state index contributed by atoms with van der Waals surface area (Å²) in [6.45, 7) is 6.18. The van der Waals surface area contributed by atoms with Crippen LogP contribution in [0.4, 0.5) is 0 Å². The van der Waals surface area contributed by atoms with E-state index in [1.165, 1.54) is 0 Å². The summed E-state index contributed by atoms with van der Waals surface area (Å²) in [5.74, 6) is 0.564. The van der Waals surface area contributed by atoms with Crippen molar-refractivity contribution in [2.24, 2.45) is 0 Å². The monoisotopic (exact) mass is 184 g/mol. The van der Waals surface area contributed by atoms with Gasteiger partial charge in [0.15, 0.2) is 5.15 Å². The van der Waals surface area contributed by atoms with E-state index >= 15 is 0 Å². The zero-order valence-electron chi connectivity index (χ0n) is 6.75. The molecule has 0 saturated carbocycles. The van der Waals surface area contributed by atoms with Crippen molar-refractivity contribution >= 4 is 17.4 Å². The third-order valence-corrected chi connectivity index (χ3v) is 1.45. The van der Waals surface area contributed by atoms with Crippen LogP contribution in [-0.4, -0.2) is 16.8 Å². The van der Waals surface area contributed by atoms with Crippen LogP contribution in [0.15, 0.2) is 18.8 Å². The minimum Gasteiger partial charge on any atom is -0.494 e. The van der Waals surface area contributed by atoms with Gasteiger partial charge in [-0.15, -0.1) is 5.10 Å². The van der Waals surface area contributed by atoms with Crippen molar-refractivity contribution in [3.8, 4) is 0 Å². The Bertz CT molecular complexity index is 288. The Morgan fingerprint density at radius 1 is 1.75 bits per heavy atom. The number of aromatic nitrogens is 2. The van der Waals surface area contributed by atoms with Gasteiger partial charge in [-0.2, -0.15) is 5.10 Å². The zero-order valence-corrected chi connectivity index (χ0v) is 7.51. The fourth-order valence-corrected chi connectivity index (χ4v) is 0.912. The molecule has 64 valence electrons. The van der Waals surface area contributed by atoms with Crippen molar-refractivity contribution in [3.63, 3.8) is 0 Å². The highest BCUT2D eigenvalue weighted by atomic mass is 35.5. The van der Waals surface area contributed by atoms with E-state index in [0.29, 0.717) is 17.5 Å². The second-order valence-corrected chi connectivity index (χ2v) is 2.51. The molecule has 0 fully saturated rings. The van der Waals surface area contributed by atoms with Gasteiger partial charge < -0.3 is 4.74 Å². The fourth-order valence-electron chi connectivity index (χ4n) is 0.751. The van der Waals surface area contributed by atoms with Gasteiger partial charge in [-0.3, -0.25) is 0 Å². The van der Waals surface area contributed by atoms with Gasteiger partial charge >= 0.3 is 0 Å². The Kier molecular flexibility index (Phi) is 3.05. The van der Waals surface area contributed by atoms with Crippen molar-refractivity contribution < 1.29 is 4.74 Å². The molecule has 0 saturated heterocycles. The maximum atomic E-state index is 5.62. The lowest BCUT2D eigenvalue weighted by atomic mass is 10.3. The predicted molar refractivity (Wildman–Crippen MR) is 47.7 cm³/mol. The van der Waals surface area contributed by atoms with Gasteiger partial charge in [0.2, 0.25) is 0 Å². The van der Waals surface area contributed by atoms with E-state index in [0.717, 1.165) is 5.56 Å². The van der Waals surface area contributed by atoms with Crippen LogP contribution in [-0.2, 0) is 4.74 Å². The molecule has 0 radical (unpaired) electrons. The van der Waals surface area contributed by atoms with Crippen LogP contribution in [0.1, 0.15) is 12.5 Å². The highest BCUT2D eigenvalue weighted by Crippen LogP contribution is 2.14. The fraction of sp³-hybridized carbons (Fsp3) is 0.250. The molecule has 1 aromatic rings. The summed E-state index contributed by atoms with van der Waals surface area (Å²) in [5.41, 5.74) is 0.761.